The summed E-state index contributed by atoms with van der Waals surface area (Å²) >= 11 is 3.46. The first-order valence-corrected chi connectivity index (χ1v) is 7.17. The van der Waals surface area contributed by atoms with Crippen molar-refractivity contribution in [3.05, 3.63) is 81.8 Å². The Morgan fingerprint density at radius 2 is 1.52 bits per heavy atom. The van der Waals surface area contributed by atoms with E-state index >= 15 is 0 Å². The van der Waals surface area contributed by atoms with Gasteiger partial charge >= 0.3 is 0 Å². The SMILES string of the molecule is OC(c1ccc(F)cc1F)c1ccc(Br)c2ccccc12. The largest absolute Gasteiger partial charge is 0.384 e. The van der Waals surface area contributed by atoms with Crippen molar-refractivity contribution in [2.45, 2.75) is 6.10 Å². The van der Waals surface area contributed by atoms with Gasteiger partial charge in [0.1, 0.15) is 17.7 Å². The zero-order chi connectivity index (χ0) is 15.0. The van der Waals surface area contributed by atoms with Crippen molar-refractivity contribution >= 4 is 26.7 Å². The maximum absolute atomic E-state index is 13.9. The number of rotatable bonds is 2. The summed E-state index contributed by atoms with van der Waals surface area (Å²) < 4.78 is 27.7. The minimum atomic E-state index is -1.15. The summed E-state index contributed by atoms with van der Waals surface area (Å²) in [6.07, 6.45) is -1.15. The summed E-state index contributed by atoms with van der Waals surface area (Å²) in [5.41, 5.74) is 0.642. The molecular weight excluding hydrogens is 338 g/mol. The first kappa shape index (κ1) is 14.2. The van der Waals surface area contributed by atoms with Crippen molar-refractivity contribution in [1.82, 2.24) is 0 Å². The third kappa shape index (κ3) is 2.57. The van der Waals surface area contributed by atoms with Gasteiger partial charge in [-0.05, 0) is 28.5 Å². The van der Waals surface area contributed by atoms with Gasteiger partial charge in [0.2, 0.25) is 0 Å². The molecule has 0 heterocycles. The van der Waals surface area contributed by atoms with E-state index in [4.69, 9.17) is 0 Å². The Morgan fingerprint density at radius 3 is 2.24 bits per heavy atom. The molecule has 3 rings (SSSR count). The quantitative estimate of drug-likeness (QED) is 0.693. The molecule has 0 spiro atoms. The molecule has 0 aliphatic carbocycles. The molecule has 1 nitrogen and oxygen atoms in total. The molecule has 0 radical (unpaired) electrons. The number of aliphatic hydroxyl groups excluding tert-OH is 1. The van der Waals surface area contributed by atoms with E-state index in [0.29, 0.717) is 5.56 Å². The summed E-state index contributed by atoms with van der Waals surface area (Å²) in [6.45, 7) is 0. The highest BCUT2D eigenvalue weighted by Crippen LogP contribution is 2.33. The second-order valence-electron chi connectivity index (χ2n) is 4.75. The Hall–Kier alpha value is -1.78. The van der Waals surface area contributed by atoms with E-state index in [-0.39, 0.29) is 5.56 Å². The van der Waals surface area contributed by atoms with Crippen LogP contribution in [-0.2, 0) is 0 Å². The number of fused-ring (bicyclic) bond motifs is 1. The Labute approximate surface area is 129 Å². The second-order valence-corrected chi connectivity index (χ2v) is 5.60. The van der Waals surface area contributed by atoms with E-state index in [0.717, 1.165) is 27.4 Å². The fourth-order valence-electron chi connectivity index (χ4n) is 2.41. The van der Waals surface area contributed by atoms with Crippen molar-refractivity contribution in [3.8, 4) is 0 Å². The molecule has 1 N–H and O–H groups in total. The molecule has 3 aromatic carbocycles. The van der Waals surface area contributed by atoms with Gasteiger partial charge in [-0.25, -0.2) is 8.78 Å². The summed E-state index contributed by atoms with van der Waals surface area (Å²) in [4.78, 5) is 0. The number of benzene rings is 3. The summed E-state index contributed by atoms with van der Waals surface area (Å²) in [5, 5.41) is 12.2. The van der Waals surface area contributed by atoms with Crippen LogP contribution in [-0.4, -0.2) is 5.11 Å². The fourth-order valence-corrected chi connectivity index (χ4v) is 2.89. The van der Waals surface area contributed by atoms with E-state index in [1.165, 1.54) is 6.07 Å². The minimum absolute atomic E-state index is 0.0591. The van der Waals surface area contributed by atoms with Crippen molar-refractivity contribution in [3.63, 3.8) is 0 Å². The molecule has 0 aromatic heterocycles. The molecule has 0 amide bonds. The lowest BCUT2D eigenvalue weighted by atomic mass is 9.95. The average Bonchev–Trinajstić information content (AvgIpc) is 2.47. The van der Waals surface area contributed by atoms with Crippen molar-refractivity contribution in [2.24, 2.45) is 0 Å². The first-order valence-electron chi connectivity index (χ1n) is 6.38. The van der Waals surface area contributed by atoms with Gasteiger partial charge in [0.15, 0.2) is 0 Å². The Bertz CT molecular complexity index is 817. The van der Waals surface area contributed by atoms with Gasteiger partial charge in [-0.15, -0.1) is 0 Å². The fraction of sp³-hybridized carbons (Fsp3) is 0.0588. The second kappa shape index (κ2) is 5.54. The lowest BCUT2D eigenvalue weighted by molar-refractivity contribution is 0.216. The van der Waals surface area contributed by atoms with Gasteiger partial charge in [-0.3, -0.25) is 0 Å². The van der Waals surface area contributed by atoms with Crippen molar-refractivity contribution in [1.29, 1.82) is 0 Å². The smallest absolute Gasteiger partial charge is 0.132 e. The predicted octanol–water partition coefficient (Wildman–Crippen LogP) is 4.96. The number of aliphatic hydroxyl groups is 1. The highest BCUT2D eigenvalue weighted by Gasteiger charge is 2.18. The van der Waals surface area contributed by atoms with Crippen LogP contribution in [0.1, 0.15) is 17.2 Å². The Morgan fingerprint density at radius 1 is 0.857 bits per heavy atom. The zero-order valence-corrected chi connectivity index (χ0v) is 12.4. The van der Waals surface area contributed by atoms with Crippen LogP contribution in [0.3, 0.4) is 0 Å². The third-order valence-electron chi connectivity index (χ3n) is 3.46. The van der Waals surface area contributed by atoms with E-state index < -0.39 is 17.7 Å². The summed E-state index contributed by atoms with van der Waals surface area (Å²) in [5.74, 6) is -1.42. The molecule has 1 atom stereocenters. The molecular formula is C17H11BrF2O. The van der Waals surface area contributed by atoms with Crippen LogP contribution in [0, 0.1) is 11.6 Å². The van der Waals surface area contributed by atoms with Gasteiger partial charge < -0.3 is 5.11 Å². The van der Waals surface area contributed by atoms with Crippen LogP contribution >= 0.6 is 15.9 Å². The molecule has 1 unspecified atom stereocenters. The van der Waals surface area contributed by atoms with Crippen LogP contribution in [0.2, 0.25) is 0 Å². The van der Waals surface area contributed by atoms with Crippen LogP contribution in [0.5, 0.6) is 0 Å². The Kier molecular flexibility index (Phi) is 3.74. The molecule has 0 bridgehead atoms. The molecule has 4 heteroatoms. The third-order valence-corrected chi connectivity index (χ3v) is 4.15. The standard InChI is InChI=1S/C17H11BrF2O/c18-15-8-7-13(11-3-1-2-4-12(11)15)17(21)14-6-5-10(19)9-16(14)20/h1-9,17,21H. The Balaban J connectivity index is 2.18. The molecule has 0 saturated carbocycles. The van der Waals surface area contributed by atoms with Crippen LogP contribution in [0.15, 0.2) is 59.1 Å². The van der Waals surface area contributed by atoms with E-state index in [1.54, 1.807) is 6.07 Å². The van der Waals surface area contributed by atoms with Gasteiger partial charge in [0.05, 0.1) is 0 Å². The molecule has 0 aliphatic rings. The molecule has 106 valence electrons. The highest BCUT2D eigenvalue weighted by molar-refractivity contribution is 9.10. The van der Waals surface area contributed by atoms with Gasteiger partial charge in [0, 0.05) is 16.1 Å². The monoisotopic (exact) mass is 348 g/mol. The maximum Gasteiger partial charge on any atom is 0.132 e. The zero-order valence-electron chi connectivity index (χ0n) is 10.9. The summed E-state index contributed by atoms with van der Waals surface area (Å²) in [7, 11) is 0. The van der Waals surface area contributed by atoms with Crippen LogP contribution < -0.4 is 0 Å². The molecule has 0 fully saturated rings. The van der Waals surface area contributed by atoms with Crippen molar-refractivity contribution < 1.29 is 13.9 Å². The highest BCUT2D eigenvalue weighted by atomic mass is 79.9. The summed E-state index contributed by atoms with van der Waals surface area (Å²) in [6, 6.07) is 14.3. The lowest BCUT2D eigenvalue weighted by Crippen LogP contribution is -2.04. The van der Waals surface area contributed by atoms with Crippen molar-refractivity contribution in [2.75, 3.05) is 0 Å². The maximum atomic E-state index is 13.9. The van der Waals surface area contributed by atoms with E-state index in [1.807, 2.05) is 30.3 Å². The van der Waals surface area contributed by atoms with E-state index in [9.17, 15) is 13.9 Å². The predicted molar refractivity (Wildman–Crippen MR) is 82.1 cm³/mol. The molecule has 3 aromatic rings. The normalized spacial score (nSPS) is 12.6. The topological polar surface area (TPSA) is 20.2 Å². The van der Waals surface area contributed by atoms with E-state index in [2.05, 4.69) is 15.9 Å². The van der Waals surface area contributed by atoms with Gasteiger partial charge in [0.25, 0.3) is 0 Å². The number of halogens is 3. The first-order chi connectivity index (χ1) is 10.1. The molecule has 21 heavy (non-hydrogen) atoms. The van der Waals surface area contributed by atoms with Gasteiger partial charge in [-0.2, -0.15) is 0 Å². The number of hydrogen-bond donors (Lipinski definition) is 1. The van der Waals surface area contributed by atoms with Crippen LogP contribution in [0.4, 0.5) is 8.78 Å². The minimum Gasteiger partial charge on any atom is -0.384 e. The molecule has 0 aliphatic heterocycles. The lowest BCUT2D eigenvalue weighted by Gasteiger charge is -2.15. The molecule has 0 saturated heterocycles. The van der Waals surface area contributed by atoms with Crippen LogP contribution in [0.25, 0.3) is 10.8 Å². The number of hydrogen-bond acceptors (Lipinski definition) is 1. The van der Waals surface area contributed by atoms with Gasteiger partial charge in [-0.1, -0.05) is 52.3 Å². The average molecular weight is 349 g/mol.